The van der Waals surface area contributed by atoms with Gasteiger partial charge in [-0.2, -0.15) is 0 Å². The Morgan fingerprint density at radius 3 is 2.48 bits per heavy atom. The van der Waals surface area contributed by atoms with Gasteiger partial charge in [0, 0.05) is 11.6 Å². The van der Waals surface area contributed by atoms with Crippen LogP contribution in [0, 0.1) is 6.92 Å². The first kappa shape index (κ1) is 20.2. The molecule has 0 aliphatic carbocycles. The van der Waals surface area contributed by atoms with Gasteiger partial charge in [-0.3, -0.25) is 4.79 Å². The van der Waals surface area contributed by atoms with Gasteiger partial charge >= 0.3 is 5.97 Å². The Kier molecular flexibility index (Phi) is 7.62. The van der Waals surface area contributed by atoms with Crippen LogP contribution in [0.4, 0.5) is 0 Å². The molecule has 2 rings (SSSR count). The lowest BCUT2D eigenvalue weighted by Gasteiger charge is -2.17. The third-order valence-electron chi connectivity index (χ3n) is 4.11. The van der Waals surface area contributed by atoms with Gasteiger partial charge in [-0.15, -0.1) is 0 Å². The average Bonchev–Trinajstić information content (AvgIpc) is 2.69. The summed E-state index contributed by atoms with van der Waals surface area (Å²) < 4.78 is 10.2. The van der Waals surface area contributed by atoms with Crippen LogP contribution in [0.1, 0.15) is 36.1 Å². The Morgan fingerprint density at radius 1 is 1.11 bits per heavy atom. The molecule has 1 N–H and O–H groups in total. The molecule has 0 fully saturated rings. The fourth-order valence-electron chi connectivity index (χ4n) is 2.60. The van der Waals surface area contributed by atoms with E-state index in [2.05, 4.69) is 5.32 Å². The van der Waals surface area contributed by atoms with Crippen molar-refractivity contribution in [1.29, 1.82) is 0 Å². The summed E-state index contributed by atoms with van der Waals surface area (Å²) in [7, 11) is 1.56. The molecule has 0 radical (unpaired) electrons. The maximum atomic E-state index is 12.1. The van der Waals surface area contributed by atoms with E-state index in [9.17, 15) is 9.59 Å². The lowest BCUT2D eigenvalue weighted by Crippen LogP contribution is -2.32. The monoisotopic (exact) mass is 367 g/mol. The highest BCUT2D eigenvalue weighted by Crippen LogP contribution is 2.19. The zero-order valence-corrected chi connectivity index (χ0v) is 15.9. The van der Waals surface area contributed by atoms with Crippen LogP contribution in [-0.4, -0.2) is 25.6 Å². The van der Waals surface area contributed by atoms with Crippen molar-refractivity contribution >= 4 is 18.0 Å². The summed E-state index contributed by atoms with van der Waals surface area (Å²) in [5.41, 5.74) is 2.95. The first-order valence-electron chi connectivity index (χ1n) is 8.87. The van der Waals surface area contributed by atoms with Gasteiger partial charge < -0.3 is 14.8 Å². The van der Waals surface area contributed by atoms with E-state index in [1.54, 1.807) is 19.3 Å². The molecule has 0 heterocycles. The first-order valence-corrected chi connectivity index (χ1v) is 8.87. The Balaban J connectivity index is 1.86. The van der Waals surface area contributed by atoms with Crippen LogP contribution in [0.2, 0.25) is 0 Å². The molecule has 1 amide bonds. The molecule has 2 aromatic rings. The number of hydrogen-bond acceptors (Lipinski definition) is 4. The number of rotatable bonds is 8. The molecule has 142 valence electrons. The Hall–Kier alpha value is -3.08. The molecular formula is C22H25NO4. The van der Waals surface area contributed by atoms with Crippen molar-refractivity contribution in [2.75, 3.05) is 13.7 Å². The summed E-state index contributed by atoms with van der Waals surface area (Å²) >= 11 is 0. The van der Waals surface area contributed by atoms with Gasteiger partial charge in [0.05, 0.1) is 13.2 Å². The molecule has 5 heteroatoms. The topological polar surface area (TPSA) is 64.6 Å². The molecule has 0 aliphatic rings. The first-order chi connectivity index (χ1) is 13.0. The van der Waals surface area contributed by atoms with Crippen LogP contribution in [0.3, 0.4) is 0 Å². The Labute approximate surface area is 160 Å². The largest absolute Gasteiger partial charge is 0.496 e. The third-order valence-corrected chi connectivity index (χ3v) is 4.11. The SMILES string of the molecule is CC[C@@H](NC(=O)COC(=O)/C=C/c1ccccc1OC)c1ccc(C)cc1. The van der Waals surface area contributed by atoms with Crippen LogP contribution in [0.5, 0.6) is 5.75 Å². The lowest BCUT2D eigenvalue weighted by molar-refractivity contribution is -0.144. The highest BCUT2D eigenvalue weighted by molar-refractivity contribution is 5.89. The maximum absolute atomic E-state index is 12.1. The van der Waals surface area contributed by atoms with E-state index in [-0.39, 0.29) is 18.6 Å². The zero-order chi connectivity index (χ0) is 19.6. The highest BCUT2D eigenvalue weighted by Gasteiger charge is 2.13. The van der Waals surface area contributed by atoms with Gasteiger partial charge in [0.2, 0.25) is 0 Å². The van der Waals surface area contributed by atoms with E-state index in [0.29, 0.717) is 5.75 Å². The minimum Gasteiger partial charge on any atom is -0.496 e. The fourth-order valence-corrected chi connectivity index (χ4v) is 2.60. The van der Waals surface area contributed by atoms with E-state index >= 15 is 0 Å². The number of methoxy groups -OCH3 is 1. The number of nitrogens with one attached hydrogen (secondary N) is 1. The van der Waals surface area contributed by atoms with Crippen molar-refractivity contribution in [2.45, 2.75) is 26.3 Å². The van der Waals surface area contributed by atoms with Crippen molar-refractivity contribution in [1.82, 2.24) is 5.32 Å². The molecule has 1 atom stereocenters. The quantitative estimate of drug-likeness (QED) is 0.569. The molecule has 5 nitrogen and oxygen atoms in total. The number of carbonyl (C=O) groups is 2. The maximum Gasteiger partial charge on any atom is 0.331 e. The van der Waals surface area contributed by atoms with Crippen molar-refractivity contribution < 1.29 is 19.1 Å². The summed E-state index contributed by atoms with van der Waals surface area (Å²) in [6.45, 7) is 3.69. The summed E-state index contributed by atoms with van der Waals surface area (Å²) in [6.07, 6.45) is 3.62. The number of carbonyl (C=O) groups excluding carboxylic acids is 2. The molecule has 0 saturated heterocycles. The Bertz CT molecular complexity index is 796. The van der Waals surface area contributed by atoms with Gasteiger partial charge in [-0.25, -0.2) is 4.79 Å². The van der Waals surface area contributed by atoms with Crippen molar-refractivity contribution in [3.8, 4) is 5.75 Å². The van der Waals surface area contributed by atoms with Gasteiger partial charge in [0.15, 0.2) is 6.61 Å². The van der Waals surface area contributed by atoms with Crippen molar-refractivity contribution in [3.05, 3.63) is 71.3 Å². The standard InChI is InChI=1S/C22H25NO4/c1-4-19(17-11-9-16(2)10-12-17)23-21(24)15-27-22(25)14-13-18-7-5-6-8-20(18)26-3/h5-14,19H,4,15H2,1-3H3,(H,23,24)/b14-13+/t19-/m1/s1. The number of esters is 1. The average molecular weight is 367 g/mol. The van der Waals surface area contributed by atoms with Gasteiger partial charge in [-0.05, 0) is 31.1 Å². The van der Waals surface area contributed by atoms with Crippen LogP contribution in [-0.2, 0) is 14.3 Å². The smallest absolute Gasteiger partial charge is 0.331 e. The van der Waals surface area contributed by atoms with Crippen LogP contribution >= 0.6 is 0 Å². The van der Waals surface area contributed by atoms with E-state index in [1.165, 1.54) is 6.08 Å². The molecule has 0 spiro atoms. The van der Waals surface area contributed by atoms with Crippen LogP contribution < -0.4 is 10.1 Å². The highest BCUT2D eigenvalue weighted by atomic mass is 16.5. The van der Waals surface area contributed by atoms with Crippen molar-refractivity contribution in [3.63, 3.8) is 0 Å². The van der Waals surface area contributed by atoms with Crippen LogP contribution in [0.15, 0.2) is 54.6 Å². The predicted octanol–water partition coefficient (Wildman–Crippen LogP) is 3.83. The molecular weight excluding hydrogens is 342 g/mol. The van der Waals surface area contributed by atoms with Crippen LogP contribution in [0.25, 0.3) is 6.08 Å². The second kappa shape index (κ2) is 10.2. The van der Waals surface area contributed by atoms with E-state index in [0.717, 1.165) is 23.1 Å². The summed E-state index contributed by atoms with van der Waals surface area (Å²) in [5.74, 6) is -0.260. The van der Waals surface area contributed by atoms with E-state index in [1.807, 2.05) is 56.3 Å². The lowest BCUT2D eigenvalue weighted by atomic mass is 10.0. The number of hydrogen-bond donors (Lipinski definition) is 1. The zero-order valence-electron chi connectivity index (χ0n) is 15.9. The van der Waals surface area contributed by atoms with E-state index < -0.39 is 5.97 Å². The van der Waals surface area contributed by atoms with Gasteiger partial charge in [0.25, 0.3) is 5.91 Å². The number of ether oxygens (including phenoxy) is 2. The molecule has 0 bridgehead atoms. The minimum absolute atomic E-state index is 0.110. The van der Waals surface area contributed by atoms with Gasteiger partial charge in [0.1, 0.15) is 5.75 Å². The molecule has 0 aliphatic heterocycles. The van der Waals surface area contributed by atoms with E-state index in [4.69, 9.17) is 9.47 Å². The molecule has 27 heavy (non-hydrogen) atoms. The summed E-state index contributed by atoms with van der Waals surface area (Å²) in [4.78, 5) is 24.0. The fraction of sp³-hybridized carbons (Fsp3) is 0.273. The molecule has 2 aromatic carbocycles. The molecule has 0 aromatic heterocycles. The van der Waals surface area contributed by atoms with Gasteiger partial charge in [-0.1, -0.05) is 55.0 Å². The third kappa shape index (κ3) is 6.29. The number of amides is 1. The number of benzene rings is 2. The number of para-hydroxylation sites is 1. The Morgan fingerprint density at radius 2 is 1.81 bits per heavy atom. The van der Waals surface area contributed by atoms with Crippen molar-refractivity contribution in [2.24, 2.45) is 0 Å². The minimum atomic E-state index is -0.584. The summed E-state index contributed by atoms with van der Waals surface area (Å²) in [6, 6.07) is 15.2. The molecule has 0 unspecified atom stereocenters. The second-order valence-electron chi connectivity index (χ2n) is 6.12. The summed E-state index contributed by atoms with van der Waals surface area (Å²) in [5, 5.41) is 2.89. The number of aryl methyl sites for hydroxylation is 1. The normalized spacial score (nSPS) is 11.8. The second-order valence-corrected chi connectivity index (χ2v) is 6.12. The predicted molar refractivity (Wildman–Crippen MR) is 105 cm³/mol. The molecule has 0 saturated carbocycles.